The molecule has 3 fully saturated rings. The van der Waals surface area contributed by atoms with Gasteiger partial charge in [0.05, 0.1) is 12.0 Å². The number of fused-ring (bicyclic) bond motifs is 5. The fourth-order valence-corrected chi connectivity index (χ4v) is 8.12. The zero-order chi connectivity index (χ0) is 27.1. The highest BCUT2D eigenvalue weighted by Crippen LogP contribution is 2.67. The van der Waals surface area contributed by atoms with E-state index in [1.807, 2.05) is 0 Å². The molecule has 0 aromatic carbocycles. The van der Waals surface area contributed by atoms with Gasteiger partial charge >= 0.3 is 5.97 Å². The number of hydrogen-bond donors (Lipinski definition) is 4. The second kappa shape index (κ2) is 9.88. The minimum Gasteiger partial charge on any atom is -0.480 e. The number of allylic oxidation sites excluding steroid dienone is 2. The molecule has 9 heteroatoms. The molecule has 204 valence electrons. The number of carbonyl (C=O) groups is 2. The van der Waals surface area contributed by atoms with Crippen molar-refractivity contribution in [1.29, 1.82) is 0 Å². The van der Waals surface area contributed by atoms with E-state index in [4.69, 9.17) is 11.3 Å². The second-order valence-corrected chi connectivity index (χ2v) is 12.1. The van der Waals surface area contributed by atoms with Crippen LogP contribution in [0.2, 0.25) is 0 Å². The van der Waals surface area contributed by atoms with Crippen molar-refractivity contribution in [2.24, 2.45) is 33.7 Å². The van der Waals surface area contributed by atoms with Gasteiger partial charge in [-0.25, -0.2) is 9.78 Å². The number of aliphatic carboxylic acids is 1. The zero-order valence-electron chi connectivity index (χ0n) is 22.2. The molecule has 38 heavy (non-hydrogen) atoms. The van der Waals surface area contributed by atoms with Crippen LogP contribution < -0.4 is 5.32 Å². The predicted molar refractivity (Wildman–Crippen MR) is 141 cm³/mol. The number of H-pyrrole nitrogens is 1. The van der Waals surface area contributed by atoms with Gasteiger partial charge in [0, 0.05) is 23.7 Å². The molecule has 4 aliphatic carbocycles. The van der Waals surface area contributed by atoms with Gasteiger partial charge in [0.1, 0.15) is 11.6 Å². The number of terminal acetylenes is 1. The molecule has 7 atom stereocenters. The Bertz CT molecular complexity index is 1190. The van der Waals surface area contributed by atoms with E-state index in [1.165, 1.54) is 18.1 Å². The van der Waals surface area contributed by atoms with Crippen molar-refractivity contribution in [3.63, 3.8) is 0 Å². The maximum atomic E-state index is 12.3. The molecule has 0 unspecified atom stereocenters. The number of aliphatic hydroxyl groups is 1. The number of aromatic amines is 1. The van der Waals surface area contributed by atoms with Gasteiger partial charge < -0.3 is 25.4 Å². The Morgan fingerprint density at radius 3 is 2.76 bits per heavy atom. The number of carboxylic acid groups (broad SMARTS) is 1. The van der Waals surface area contributed by atoms with Crippen molar-refractivity contribution >= 4 is 17.6 Å². The summed E-state index contributed by atoms with van der Waals surface area (Å²) in [6.07, 6.45) is 18.6. The highest BCUT2D eigenvalue weighted by molar-refractivity contribution is 5.96. The van der Waals surface area contributed by atoms with Crippen LogP contribution in [0.4, 0.5) is 0 Å². The summed E-state index contributed by atoms with van der Waals surface area (Å²) in [5.41, 5.74) is 1.75. The Morgan fingerprint density at radius 1 is 1.26 bits per heavy atom. The highest BCUT2D eigenvalue weighted by atomic mass is 16.6. The first kappa shape index (κ1) is 26.5. The standard InChI is InChI=1S/C29H38N4O5/c1-4-29(37)12-9-23-21-6-5-18-13-19(7-10-27(18,2)22(21)8-11-28(23,29)3)33-38-16-25(34)32-24(26(35)36)14-20-15-30-17-31-20/h1,13,15,17,21-24,37H,5-12,14,16H2,2-3H3,(H,30,31)(H,32,34)(H,35,36)/b33-19-/t21-,22+,23-,24+,27+,28+,29-/m1/s1. The van der Waals surface area contributed by atoms with Crippen LogP contribution in [0.5, 0.6) is 0 Å². The molecule has 0 aliphatic heterocycles. The Labute approximate surface area is 223 Å². The number of carbonyl (C=O) groups excluding carboxylic acids is 1. The normalized spacial score (nSPS) is 37.7. The van der Waals surface area contributed by atoms with Gasteiger partial charge in [-0.15, -0.1) is 6.42 Å². The molecule has 1 heterocycles. The molecule has 4 N–H and O–H groups in total. The summed E-state index contributed by atoms with van der Waals surface area (Å²) in [6, 6.07) is -1.08. The lowest BCUT2D eigenvalue weighted by Crippen LogP contribution is -2.54. The summed E-state index contributed by atoms with van der Waals surface area (Å²) in [5, 5.41) is 27.3. The largest absolute Gasteiger partial charge is 0.480 e. The monoisotopic (exact) mass is 522 g/mol. The number of nitrogens with one attached hydrogen (secondary N) is 2. The van der Waals surface area contributed by atoms with E-state index in [-0.39, 0.29) is 23.9 Å². The summed E-state index contributed by atoms with van der Waals surface area (Å²) in [6.45, 7) is 4.25. The average molecular weight is 523 g/mol. The smallest absolute Gasteiger partial charge is 0.326 e. The predicted octanol–water partition coefficient (Wildman–Crippen LogP) is 3.22. The van der Waals surface area contributed by atoms with E-state index in [0.29, 0.717) is 29.9 Å². The SMILES string of the molecule is C#C[C@@]1(O)CC[C@@H]2[C@@H]3CCC4=C/C(=N\OCC(=O)N[C@@H](Cc5cnc[nH]5)C(=O)O)CC[C@]4(C)[C@H]3CC[C@@]21C. The first-order valence-electron chi connectivity index (χ1n) is 13.7. The second-order valence-electron chi connectivity index (χ2n) is 12.1. The van der Waals surface area contributed by atoms with E-state index in [9.17, 15) is 19.8 Å². The topological polar surface area (TPSA) is 137 Å². The molecule has 9 nitrogen and oxygen atoms in total. The summed E-state index contributed by atoms with van der Waals surface area (Å²) >= 11 is 0. The number of imidazole rings is 1. The van der Waals surface area contributed by atoms with Crippen LogP contribution in [0.1, 0.15) is 70.9 Å². The van der Waals surface area contributed by atoms with Gasteiger partial charge in [0.15, 0.2) is 6.61 Å². The average Bonchev–Trinajstić information content (AvgIpc) is 3.49. The maximum Gasteiger partial charge on any atom is 0.326 e. The Hall–Kier alpha value is -3.12. The van der Waals surface area contributed by atoms with Crippen molar-refractivity contribution < 1.29 is 24.6 Å². The van der Waals surface area contributed by atoms with Crippen molar-refractivity contribution in [1.82, 2.24) is 15.3 Å². The summed E-state index contributed by atoms with van der Waals surface area (Å²) in [7, 11) is 0. The quantitative estimate of drug-likeness (QED) is 0.321. The summed E-state index contributed by atoms with van der Waals surface area (Å²) in [5.74, 6) is 2.68. The van der Waals surface area contributed by atoms with Crippen LogP contribution in [0.15, 0.2) is 29.3 Å². The molecule has 0 saturated heterocycles. The van der Waals surface area contributed by atoms with Crippen molar-refractivity contribution in [2.75, 3.05) is 6.61 Å². The number of rotatable bonds is 7. The van der Waals surface area contributed by atoms with Crippen LogP contribution in [0.25, 0.3) is 0 Å². The van der Waals surface area contributed by atoms with Gasteiger partial charge in [-0.3, -0.25) is 4.79 Å². The van der Waals surface area contributed by atoms with E-state index in [1.54, 1.807) is 0 Å². The summed E-state index contributed by atoms with van der Waals surface area (Å²) < 4.78 is 0. The van der Waals surface area contributed by atoms with Gasteiger partial charge in [-0.2, -0.15) is 0 Å². The number of amides is 1. The van der Waals surface area contributed by atoms with Gasteiger partial charge in [-0.05, 0) is 80.6 Å². The Morgan fingerprint density at radius 2 is 2.05 bits per heavy atom. The number of oxime groups is 1. The molecule has 0 radical (unpaired) electrons. The van der Waals surface area contributed by atoms with Crippen molar-refractivity contribution in [3.8, 4) is 12.3 Å². The number of hydrogen-bond acceptors (Lipinski definition) is 6. The van der Waals surface area contributed by atoms with E-state index in [0.717, 1.165) is 50.7 Å². The molecule has 1 aromatic heterocycles. The summed E-state index contributed by atoms with van der Waals surface area (Å²) in [4.78, 5) is 35.9. The fourth-order valence-electron chi connectivity index (χ4n) is 8.12. The third kappa shape index (κ3) is 4.43. The van der Waals surface area contributed by atoms with Crippen molar-refractivity contribution in [2.45, 2.75) is 83.3 Å². The molecule has 0 spiro atoms. The lowest BCUT2D eigenvalue weighted by Gasteiger charge is -2.58. The molecule has 4 aliphatic rings. The minimum atomic E-state index is -1.13. The fraction of sp³-hybridized carbons (Fsp3) is 0.655. The molecule has 5 rings (SSSR count). The molecule has 3 saturated carbocycles. The third-order valence-corrected chi connectivity index (χ3v) is 10.4. The molecule has 1 aromatic rings. The van der Waals surface area contributed by atoms with Gasteiger partial charge in [0.2, 0.25) is 0 Å². The van der Waals surface area contributed by atoms with Gasteiger partial charge in [-0.1, -0.05) is 30.5 Å². The molecular weight excluding hydrogens is 484 g/mol. The molecule has 0 bridgehead atoms. The van der Waals surface area contributed by atoms with Crippen LogP contribution in [0.3, 0.4) is 0 Å². The molecule has 1 amide bonds. The third-order valence-electron chi connectivity index (χ3n) is 10.4. The lowest BCUT2D eigenvalue weighted by atomic mass is 9.46. The van der Waals surface area contributed by atoms with Crippen LogP contribution in [0, 0.1) is 40.9 Å². The lowest BCUT2D eigenvalue weighted by molar-refractivity contribution is -0.142. The number of carboxylic acids is 1. The maximum absolute atomic E-state index is 12.3. The zero-order valence-corrected chi connectivity index (χ0v) is 22.2. The van der Waals surface area contributed by atoms with Crippen LogP contribution >= 0.6 is 0 Å². The van der Waals surface area contributed by atoms with E-state index >= 15 is 0 Å². The van der Waals surface area contributed by atoms with Gasteiger partial charge in [0.25, 0.3) is 5.91 Å². The number of nitrogens with zero attached hydrogens (tertiary/aromatic N) is 2. The Balaban J connectivity index is 1.20. The highest BCUT2D eigenvalue weighted by Gasteiger charge is 2.63. The van der Waals surface area contributed by atoms with Crippen LogP contribution in [-0.4, -0.2) is 56.0 Å². The van der Waals surface area contributed by atoms with Crippen molar-refractivity contribution in [3.05, 3.63) is 29.9 Å². The minimum absolute atomic E-state index is 0.0961. The first-order chi connectivity index (χ1) is 18.1. The van der Waals surface area contributed by atoms with E-state index < -0.39 is 23.5 Å². The number of aromatic nitrogens is 2. The molecular formula is C29H38N4O5. The Kier molecular flexibility index (Phi) is 6.89. The van der Waals surface area contributed by atoms with E-state index in [2.05, 4.69) is 46.3 Å². The van der Waals surface area contributed by atoms with Crippen LogP contribution in [-0.2, 0) is 20.8 Å². The first-order valence-corrected chi connectivity index (χ1v) is 13.7.